The molecule has 2 N–H and O–H groups in total. The van der Waals surface area contributed by atoms with E-state index in [1.165, 1.54) is 0 Å². The van der Waals surface area contributed by atoms with Gasteiger partial charge in [0.25, 0.3) is 0 Å². The molecule has 0 aliphatic carbocycles. The minimum atomic E-state index is 0.0422. The van der Waals surface area contributed by atoms with Gasteiger partial charge in [-0.1, -0.05) is 0 Å². The molecular weight excluding hydrogens is 318 g/mol. The van der Waals surface area contributed by atoms with Gasteiger partial charge in [0.1, 0.15) is 17.4 Å². The number of nitrogens with zero attached hydrogens (tertiary/aromatic N) is 5. The Morgan fingerprint density at radius 2 is 2.00 bits per heavy atom. The van der Waals surface area contributed by atoms with Gasteiger partial charge < -0.3 is 15.4 Å². The first kappa shape index (κ1) is 16.7. The van der Waals surface area contributed by atoms with E-state index in [1.54, 1.807) is 36.4 Å². The van der Waals surface area contributed by atoms with Crippen LogP contribution in [0.4, 0.5) is 17.6 Å². The summed E-state index contributed by atoms with van der Waals surface area (Å²) in [5.74, 6) is 2.57. The Morgan fingerprint density at radius 1 is 1.16 bits per heavy atom. The second-order valence-corrected chi connectivity index (χ2v) is 5.78. The van der Waals surface area contributed by atoms with Gasteiger partial charge in [-0.15, -0.1) is 0 Å². The summed E-state index contributed by atoms with van der Waals surface area (Å²) in [5.41, 5.74) is 1.85. The Kier molecular flexibility index (Phi) is 4.78. The molecule has 0 aliphatic heterocycles. The zero-order valence-corrected chi connectivity index (χ0v) is 14.7. The van der Waals surface area contributed by atoms with Gasteiger partial charge in [-0.2, -0.15) is 10.1 Å². The van der Waals surface area contributed by atoms with Crippen molar-refractivity contribution in [3.8, 4) is 16.9 Å². The zero-order chi connectivity index (χ0) is 17.8. The predicted octanol–water partition coefficient (Wildman–Crippen LogP) is 2.84. The molecular formula is C17H21N7O. The van der Waals surface area contributed by atoms with Crippen molar-refractivity contribution in [3.05, 3.63) is 36.9 Å². The lowest BCUT2D eigenvalue weighted by atomic mass is 10.1. The van der Waals surface area contributed by atoms with Crippen LogP contribution in [0.2, 0.25) is 0 Å². The molecule has 0 aromatic carbocycles. The third-order valence-electron chi connectivity index (χ3n) is 3.38. The number of pyridine rings is 1. The second kappa shape index (κ2) is 7.16. The third kappa shape index (κ3) is 4.03. The van der Waals surface area contributed by atoms with Crippen LogP contribution < -0.4 is 15.4 Å². The molecule has 0 amide bonds. The fourth-order valence-electron chi connectivity index (χ4n) is 2.31. The molecule has 25 heavy (non-hydrogen) atoms. The summed E-state index contributed by atoms with van der Waals surface area (Å²) in [6.07, 6.45) is 7.22. The molecule has 0 bridgehead atoms. The van der Waals surface area contributed by atoms with Crippen molar-refractivity contribution in [2.75, 3.05) is 17.7 Å². The molecule has 3 aromatic heterocycles. The largest absolute Gasteiger partial charge is 0.490 e. The summed E-state index contributed by atoms with van der Waals surface area (Å²) in [6.45, 7) is 3.98. The summed E-state index contributed by atoms with van der Waals surface area (Å²) in [5, 5.41) is 10.3. The van der Waals surface area contributed by atoms with E-state index >= 15 is 0 Å². The van der Waals surface area contributed by atoms with Crippen molar-refractivity contribution in [1.82, 2.24) is 24.7 Å². The maximum absolute atomic E-state index is 5.97. The monoisotopic (exact) mass is 339 g/mol. The SMILES string of the molecule is CNc1nccc(Nc2cc(OC(C)C)c(-c3cnn(C)c3)cn2)n1. The van der Waals surface area contributed by atoms with Crippen molar-refractivity contribution in [1.29, 1.82) is 0 Å². The molecule has 0 unspecified atom stereocenters. The normalized spacial score (nSPS) is 10.8. The summed E-state index contributed by atoms with van der Waals surface area (Å²) >= 11 is 0. The van der Waals surface area contributed by atoms with Crippen LogP contribution >= 0.6 is 0 Å². The highest BCUT2D eigenvalue weighted by Crippen LogP contribution is 2.32. The van der Waals surface area contributed by atoms with Crippen molar-refractivity contribution in [2.45, 2.75) is 20.0 Å². The smallest absolute Gasteiger partial charge is 0.224 e. The minimum absolute atomic E-state index is 0.0422. The van der Waals surface area contributed by atoms with Gasteiger partial charge in [0.15, 0.2) is 0 Å². The third-order valence-corrected chi connectivity index (χ3v) is 3.38. The van der Waals surface area contributed by atoms with Gasteiger partial charge in [-0.05, 0) is 19.9 Å². The van der Waals surface area contributed by atoms with Gasteiger partial charge in [0.2, 0.25) is 5.95 Å². The Morgan fingerprint density at radius 3 is 2.68 bits per heavy atom. The fourth-order valence-corrected chi connectivity index (χ4v) is 2.31. The average molecular weight is 339 g/mol. The molecule has 0 saturated heterocycles. The molecule has 0 atom stereocenters. The maximum Gasteiger partial charge on any atom is 0.224 e. The van der Waals surface area contributed by atoms with Crippen LogP contribution in [-0.2, 0) is 7.05 Å². The molecule has 130 valence electrons. The van der Waals surface area contributed by atoms with Gasteiger partial charge in [-0.25, -0.2) is 9.97 Å². The van der Waals surface area contributed by atoms with Crippen LogP contribution in [0.1, 0.15) is 13.8 Å². The first-order chi connectivity index (χ1) is 12.0. The average Bonchev–Trinajstić information content (AvgIpc) is 3.01. The number of anilines is 3. The number of nitrogens with one attached hydrogen (secondary N) is 2. The zero-order valence-electron chi connectivity index (χ0n) is 14.7. The lowest BCUT2D eigenvalue weighted by Crippen LogP contribution is -2.08. The van der Waals surface area contributed by atoms with Crippen molar-refractivity contribution < 1.29 is 4.74 Å². The van der Waals surface area contributed by atoms with Crippen LogP contribution in [0, 0.1) is 0 Å². The van der Waals surface area contributed by atoms with E-state index in [-0.39, 0.29) is 6.10 Å². The molecule has 3 heterocycles. The molecule has 0 radical (unpaired) electrons. The van der Waals surface area contributed by atoms with Crippen LogP contribution in [0.5, 0.6) is 5.75 Å². The number of hydrogen-bond acceptors (Lipinski definition) is 7. The molecule has 0 spiro atoms. The highest BCUT2D eigenvalue weighted by molar-refractivity contribution is 5.71. The van der Waals surface area contributed by atoms with Crippen LogP contribution in [0.25, 0.3) is 11.1 Å². The number of rotatable bonds is 6. The molecule has 8 nitrogen and oxygen atoms in total. The summed E-state index contributed by atoms with van der Waals surface area (Å²) in [4.78, 5) is 12.9. The lowest BCUT2D eigenvalue weighted by molar-refractivity contribution is 0.243. The second-order valence-electron chi connectivity index (χ2n) is 5.78. The highest BCUT2D eigenvalue weighted by Gasteiger charge is 2.12. The molecule has 0 fully saturated rings. The molecule has 0 saturated carbocycles. The van der Waals surface area contributed by atoms with E-state index < -0.39 is 0 Å². The van der Waals surface area contributed by atoms with Crippen molar-refractivity contribution in [3.63, 3.8) is 0 Å². The number of aromatic nitrogens is 5. The number of ether oxygens (including phenoxy) is 1. The fraction of sp³-hybridized carbons (Fsp3) is 0.294. The van der Waals surface area contributed by atoms with E-state index in [2.05, 4.69) is 30.7 Å². The van der Waals surface area contributed by atoms with E-state index in [1.807, 2.05) is 33.2 Å². The maximum atomic E-state index is 5.97. The lowest BCUT2D eigenvalue weighted by Gasteiger charge is -2.15. The molecule has 8 heteroatoms. The van der Waals surface area contributed by atoms with Crippen molar-refractivity contribution >= 4 is 17.6 Å². The van der Waals surface area contributed by atoms with Crippen LogP contribution in [0.3, 0.4) is 0 Å². The number of aryl methyl sites for hydroxylation is 1. The minimum Gasteiger partial charge on any atom is -0.490 e. The Labute approximate surface area is 146 Å². The summed E-state index contributed by atoms with van der Waals surface area (Å²) in [6, 6.07) is 3.64. The van der Waals surface area contributed by atoms with E-state index in [9.17, 15) is 0 Å². The topological polar surface area (TPSA) is 89.8 Å². The number of hydrogen-bond donors (Lipinski definition) is 2. The Balaban J connectivity index is 1.93. The summed E-state index contributed by atoms with van der Waals surface area (Å²) < 4.78 is 7.72. The highest BCUT2D eigenvalue weighted by atomic mass is 16.5. The Bertz CT molecular complexity index is 860. The molecule has 0 aliphatic rings. The van der Waals surface area contributed by atoms with Crippen LogP contribution in [-0.4, -0.2) is 37.9 Å². The van der Waals surface area contributed by atoms with Gasteiger partial charge >= 0.3 is 0 Å². The Hall–Kier alpha value is -3.16. The van der Waals surface area contributed by atoms with Crippen molar-refractivity contribution in [2.24, 2.45) is 7.05 Å². The van der Waals surface area contributed by atoms with Crippen LogP contribution in [0.15, 0.2) is 36.9 Å². The predicted molar refractivity (Wildman–Crippen MR) is 97.1 cm³/mol. The van der Waals surface area contributed by atoms with Gasteiger partial charge in [0.05, 0.1) is 12.3 Å². The van der Waals surface area contributed by atoms with Gasteiger partial charge in [-0.3, -0.25) is 4.68 Å². The standard InChI is InChI=1S/C17H21N7O/c1-11(2)25-14-7-16(22-15-5-6-19-17(18-3)23-15)20-9-13(14)12-8-21-24(4)10-12/h5-11H,1-4H3,(H2,18,19,20,22,23). The first-order valence-corrected chi connectivity index (χ1v) is 7.98. The first-order valence-electron chi connectivity index (χ1n) is 7.98. The van der Waals surface area contributed by atoms with E-state index in [0.29, 0.717) is 17.6 Å². The molecule has 3 rings (SSSR count). The van der Waals surface area contributed by atoms with Gasteiger partial charge in [0, 0.05) is 49.9 Å². The summed E-state index contributed by atoms with van der Waals surface area (Å²) in [7, 11) is 3.65. The van der Waals surface area contributed by atoms with E-state index in [0.717, 1.165) is 16.9 Å². The quantitative estimate of drug-likeness (QED) is 0.713. The van der Waals surface area contributed by atoms with E-state index in [4.69, 9.17) is 4.74 Å². The molecule has 3 aromatic rings.